The van der Waals surface area contributed by atoms with Gasteiger partial charge in [-0.15, -0.1) is 0 Å². The van der Waals surface area contributed by atoms with Crippen LogP contribution in [0.5, 0.6) is 0 Å². The monoisotopic (exact) mass is 265 g/mol. The van der Waals surface area contributed by atoms with Crippen molar-refractivity contribution in [3.05, 3.63) is 30.1 Å². The summed E-state index contributed by atoms with van der Waals surface area (Å²) in [5, 5.41) is 8.81. The average molecular weight is 265 g/mol. The normalized spacial score (nSPS) is 22.8. The number of halogens is 1. The van der Waals surface area contributed by atoms with Gasteiger partial charge < -0.3 is 16.0 Å². The van der Waals surface area contributed by atoms with Gasteiger partial charge >= 0.3 is 6.03 Å². The van der Waals surface area contributed by atoms with Crippen LogP contribution < -0.4 is 16.0 Å². The van der Waals surface area contributed by atoms with Crippen LogP contribution in [-0.2, 0) is 0 Å². The quantitative estimate of drug-likeness (QED) is 0.784. The van der Waals surface area contributed by atoms with Crippen LogP contribution in [-0.4, -0.2) is 25.7 Å². The Morgan fingerprint density at radius 3 is 3.11 bits per heavy atom. The number of rotatable bonds is 3. The topological polar surface area (TPSA) is 53.2 Å². The van der Waals surface area contributed by atoms with Gasteiger partial charge in [-0.3, -0.25) is 0 Å². The van der Waals surface area contributed by atoms with Gasteiger partial charge in [0.05, 0.1) is 0 Å². The van der Waals surface area contributed by atoms with E-state index in [1.165, 1.54) is 12.1 Å². The number of anilines is 1. The maximum Gasteiger partial charge on any atom is 0.319 e. The second-order valence-corrected chi connectivity index (χ2v) is 5.08. The molecular weight excluding hydrogens is 245 g/mol. The molecule has 2 rings (SSSR count). The zero-order chi connectivity index (χ0) is 13.7. The van der Waals surface area contributed by atoms with E-state index < -0.39 is 0 Å². The van der Waals surface area contributed by atoms with Crippen molar-refractivity contribution in [3.63, 3.8) is 0 Å². The van der Waals surface area contributed by atoms with Gasteiger partial charge in [0.25, 0.3) is 0 Å². The van der Waals surface area contributed by atoms with Gasteiger partial charge in [-0.05, 0) is 49.5 Å². The van der Waals surface area contributed by atoms with Crippen molar-refractivity contribution in [3.8, 4) is 0 Å². The minimum atomic E-state index is -0.357. The summed E-state index contributed by atoms with van der Waals surface area (Å²) in [6.45, 7) is 4.84. The maximum absolute atomic E-state index is 13.0. The molecule has 0 aliphatic carbocycles. The fraction of sp³-hybridized carbons (Fsp3) is 0.500. The van der Waals surface area contributed by atoms with E-state index >= 15 is 0 Å². The Kier molecular flexibility index (Phi) is 4.74. The van der Waals surface area contributed by atoms with E-state index in [1.807, 2.05) is 0 Å². The predicted molar refractivity (Wildman–Crippen MR) is 73.6 cm³/mol. The summed E-state index contributed by atoms with van der Waals surface area (Å²) in [7, 11) is 0. The fourth-order valence-corrected chi connectivity index (χ4v) is 2.34. The smallest absolute Gasteiger partial charge is 0.319 e. The van der Waals surface area contributed by atoms with E-state index in [0.717, 1.165) is 19.5 Å². The maximum atomic E-state index is 13.0. The Morgan fingerprint density at radius 1 is 1.53 bits per heavy atom. The molecule has 19 heavy (non-hydrogen) atoms. The molecule has 1 fully saturated rings. The van der Waals surface area contributed by atoms with Crippen molar-refractivity contribution in [1.29, 1.82) is 0 Å². The molecule has 2 atom stereocenters. The number of benzene rings is 1. The highest BCUT2D eigenvalue weighted by molar-refractivity contribution is 5.89. The van der Waals surface area contributed by atoms with Crippen LogP contribution in [0.15, 0.2) is 24.3 Å². The number of nitrogens with one attached hydrogen (secondary N) is 3. The second-order valence-electron chi connectivity index (χ2n) is 5.08. The summed E-state index contributed by atoms with van der Waals surface area (Å²) >= 11 is 0. The first kappa shape index (κ1) is 13.8. The molecule has 0 saturated carbocycles. The Hall–Kier alpha value is -1.62. The third-order valence-corrected chi connectivity index (χ3v) is 3.57. The average Bonchev–Trinajstić information content (AvgIpc) is 2.38. The van der Waals surface area contributed by atoms with E-state index in [0.29, 0.717) is 24.1 Å². The molecule has 0 aromatic heterocycles. The molecule has 2 unspecified atom stereocenters. The van der Waals surface area contributed by atoms with E-state index in [-0.39, 0.29) is 11.8 Å². The van der Waals surface area contributed by atoms with Crippen molar-refractivity contribution in [2.24, 2.45) is 11.8 Å². The molecule has 0 bridgehead atoms. The highest BCUT2D eigenvalue weighted by atomic mass is 19.1. The Bertz CT molecular complexity index is 438. The highest BCUT2D eigenvalue weighted by Gasteiger charge is 2.21. The summed E-state index contributed by atoms with van der Waals surface area (Å²) in [5.41, 5.74) is 0.468. The molecule has 1 heterocycles. The first-order valence-electron chi connectivity index (χ1n) is 6.66. The molecule has 1 aliphatic rings. The van der Waals surface area contributed by atoms with Crippen molar-refractivity contribution in [2.75, 3.05) is 25.0 Å². The number of hydrogen-bond donors (Lipinski definition) is 3. The SMILES string of the molecule is CC1CNCCC1CNC(=O)Nc1cccc(F)c1. The largest absolute Gasteiger partial charge is 0.338 e. The summed E-state index contributed by atoms with van der Waals surface area (Å²) in [4.78, 5) is 11.7. The number of carbonyl (C=O) groups is 1. The first-order chi connectivity index (χ1) is 9.15. The molecular formula is C14H20FN3O. The lowest BCUT2D eigenvalue weighted by atomic mass is 9.88. The molecule has 1 aromatic rings. The number of carbonyl (C=O) groups excluding carboxylic acids is 1. The minimum absolute atomic E-state index is 0.281. The van der Waals surface area contributed by atoms with Gasteiger partial charge in [0.1, 0.15) is 5.82 Å². The van der Waals surface area contributed by atoms with Crippen molar-refractivity contribution < 1.29 is 9.18 Å². The van der Waals surface area contributed by atoms with Crippen molar-refractivity contribution >= 4 is 11.7 Å². The fourth-order valence-electron chi connectivity index (χ4n) is 2.34. The minimum Gasteiger partial charge on any atom is -0.338 e. The van der Waals surface area contributed by atoms with E-state index in [1.54, 1.807) is 12.1 Å². The van der Waals surface area contributed by atoms with Gasteiger partial charge in [0, 0.05) is 12.2 Å². The first-order valence-corrected chi connectivity index (χ1v) is 6.66. The van der Waals surface area contributed by atoms with Gasteiger partial charge in [-0.25, -0.2) is 9.18 Å². The van der Waals surface area contributed by atoms with Crippen molar-refractivity contribution in [1.82, 2.24) is 10.6 Å². The van der Waals surface area contributed by atoms with Crippen LogP contribution in [0.2, 0.25) is 0 Å². The lowest BCUT2D eigenvalue weighted by molar-refractivity contribution is 0.237. The lowest BCUT2D eigenvalue weighted by Gasteiger charge is -2.29. The third-order valence-electron chi connectivity index (χ3n) is 3.57. The predicted octanol–water partition coefficient (Wildman–Crippen LogP) is 2.19. The number of amides is 2. The Balaban J connectivity index is 1.78. The molecule has 1 saturated heterocycles. The van der Waals surface area contributed by atoms with Gasteiger partial charge in [0.15, 0.2) is 0 Å². The molecule has 5 heteroatoms. The Morgan fingerprint density at radius 2 is 2.37 bits per heavy atom. The van der Waals surface area contributed by atoms with E-state index in [2.05, 4.69) is 22.9 Å². The molecule has 1 aromatic carbocycles. The molecule has 0 spiro atoms. The summed E-state index contributed by atoms with van der Waals surface area (Å²) in [6.07, 6.45) is 1.07. The van der Waals surface area contributed by atoms with Crippen LogP contribution in [0.4, 0.5) is 14.9 Å². The summed E-state index contributed by atoms with van der Waals surface area (Å²) in [5.74, 6) is 0.701. The molecule has 4 nitrogen and oxygen atoms in total. The van der Waals surface area contributed by atoms with Gasteiger partial charge in [-0.1, -0.05) is 13.0 Å². The van der Waals surface area contributed by atoms with Gasteiger partial charge in [0.2, 0.25) is 0 Å². The van der Waals surface area contributed by atoms with Crippen LogP contribution in [0.3, 0.4) is 0 Å². The Labute approximate surface area is 112 Å². The van der Waals surface area contributed by atoms with Crippen LogP contribution >= 0.6 is 0 Å². The standard InChI is InChI=1S/C14H20FN3O/c1-10-8-16-6-5-11(10)9-17-14(19)18-13-4-2-3-12(15)7-13/h2-4,7,10-11,16H,5-6,8-9H2,1H3,(H2,17,18,19). The highest BCUT2D eigenvalue weighted by Crippen LogP contribution is 2.17. The van der Waals surface area contributed by atoms with E-state index in [9.17, 15) is 9.18 Å². The molecule has 0 radical (unpaired) electrons. The lowest BCUT2D eigenvalue weighted by Crippen LogP contribution is -2.42. The number of piperidine rings is 1. The summed E-state index contributed by atoms with van der Waals surface area (Å²) in [6, 6.07) is 5.60. The van der Waals surface area contributed by atoms with Crippen LogP contribution in [0, 0.1) is 17.7 Å². The van der Waals surface area contributed by atoms with Crippen LogP contribution in [0.25, 0.3) is 0 Å². The van der Waals surface area contributed by atoms with E-state index in [4.69, 9.17) is 0 Å². The van der Waals surface area contributed by atoms with Crippen LogP contribution in [0.1, 0.15) is 13.3 Å². The second kappa shape index (κ2) is 6.52. The molecule has 3 N–H and O–H groups in total. The molecule has 2 amide bonds. The molecule has 104 valence electrons. The van der Waals surface area contributed by atoms with Gasteiger partial charge in [-0.2, -0.15) is 0 Å². The molecule has 1 aliphatic heterocycles. The summed E-state index contributed by atoms with van der Waals surface area (Å²) < 4.78 is 13.0. The zero-order valence-corrected chi connectivity index (χ0v) is 11.1. The third kappa shape index (κ3) is 4.21. The number of hydrogen-bond acceptors (Lipinski definition) is 2. The zero-order valence-electron chi connectivity index (χ0n) is 11.1. The van der Waals surface area contributed by atoms with Crippen molar-refractivity contribution in [2.45, 2.75) is 13.3 Å². The number of urea groups is 1.